The van der Waals surface area contributed by atoms with Crippen molar-refractivity contribution in [1.82, 2.24) is 9.73 Å². The van der Waals surface area contributed by atoms with E-state index in [-0.39, 0.29) is 17.2 Å². The van der Waals surface area contributed by atoms with Gasteiger partial charge in [-0.2, -0.15) is 9.41 Å². The van der Waals surface area contributed by atoms with Crippen molar-refractivity contribution < 1.29 is 18.3 Å². The summed E-state index contributed by atoms with van der Waals surface area (Å²) in [5, 5.41) is 13.6. The van der Waals surface area contributed by atoms with Gasteiger partial charge >= 0.3 is 0 Å². The highest BCUT2D eigenvalue weighted by molar-refractivity contribution is 7.89. The smallest absolute Gasteiger partial charge is 0.255 e. The van der Waals surface area contributed by atoms with E-state index in [0.717, 1.165) is 9.87 Å². The van der Waals surface area contributed by atoms with Crippen molar-refractivity contribution in [2.24, 2.45) is 5.10 Å². The molecule has 0 saturated carbocycles. The molecular formula is C23H22ClN3O4S. The number of nitrogens with one attached hydrogen (secondary N) is 1. The number of halogens is 1. The molecule has 0 spiro atoms. The van der Waals surface area contributed by atoms with Gasteiger partial charge in [-0.1, -0.05) is 41.9 Å². The lowest BCUT2D eigenvalue weighted by molar-refractivity contribution is -0.121. The van der Waals surface area contributed by atoms with E-state index in [0.29, 0.717) is 17.0 Å². The molecule has 7 nitrogen and oxygen atoms in total. The molecule has 0 aliphatic carbocycles. The topological polar surface area (TPSA) is 99.1 Å². The standard InChI is InChI=1S/C23H22ClN3O4S/c24-20-8-12-22(13-9-20)32(30,31)27(15-14-18-4-2-1-3-5-18)17-23(29)26-25-16-19-6-10-21(28)11-7-19/h1-13,16,28H,14-15,17H2,(H,26,29)/b25-16+. The second-order valence-electron chi connectivity index (χ2n) is 6.91. The van der Waals surface area contributed by atoms with Crippen molar-refractivity contribution in [2.45, 2.75) is 11.3 Å². The molecule has 0 aliphatic rings. The van der Waals surface area contributed by atoms with Gasteiger partial charge < -0.3 is 5.11 Å². The molecule has 9 heteroatoms. The summed E-state index contributed by atoms with van der Waals surface area (Å²) in [5.41, 5.74) is 3.97. The highest BCUT2D eigenvalue weighted by atomic mass is 35.5. The Morgan fingerprint density at radius 2 is 1.66 bits per heavy atom. The van der Waals surface area contributed by atoms with Crippen LogP contribution in [0.1, 0.15) is 11.1 Å². The maximum atomic E-state index is 13.2. The first-order valence-electron chi connectivity index (χ1n) is 9.75. The summed E-state index contributed by atoms with van der Waals surface area (Å²) in [6.45, 7) is -0.283. The summed E-state index contributed by atoms with van der Waals surface area (Å²) in [4.78, 5) is 12.5. The third-order valence-electron chi connectivity index (χ3n) is 4.56. The van der Waals surface area contributed by atoms with E-state index >= 15 is 0 Å². The lowest BCUT2D eigenvalue weighted by Gasteiger charge is -2.21. The summed E-state index contributed by atoms with van der Waals surface area (Å²) in [6, 6.07) is 21.5. The predicted octanol–water partition coefficient (Wildman–Crippen LogP) is 3.43. The molecule has 0 aromatic heterocycles. The minimum Gasteiger partial charge on any atom is -0.508 e. The lowest BCUT2D eigenvalue weighted by atomic mass is 10.1. The fraction of sp³-hybridized carbons (Fsp3) is 0.130. The van der Waals surface area contributed by atoms with Crippen molar-refractivity contribution in [1.29, 1.82) is 0 Å². The number of phenolic OH excluding ortho intramolecular Hbond substituents is 1. The molecule has 1 amide bonds. The van der Waals surface area contributed by atoms with Gasteiger partial charge in [0.05, 0.1) is 17.7 Å². The van der Waals surface area contributed by atoms with E-state index in [4.69, 9.17) is 11.6 Å². The largest absolute Gasteiger partial charge is 0.508 e. The Kier molecular flexibility index (Phi) is 7.99. The quantitative estimate of drug-likeness (QED) is 0.369. The second kappa shape index (κ2) is 10.9. The number of hydrogen-bond acceptors (Lipinski definition) is 5. The van der Waals surface area contributed by atoms with Crippen LogP contribution in [0, 0.1) is 0 Å². The van der Waals surface area contributed by atoms with Crippen LogP contribution in [-0.4, -0.2) is 43.0 Å². The maximum Gasteiger partial charge on any atom is 0.255 e. The summed E-state index contributed by atoms with van der Waals surface area (Å²) in [6.07, 6.45) is 1.84. The molecule has 0 atom stereocenters. The number of hydrogen-bond donors (Lipinski definition) is 2. The van der Waals surface area contributed by atoms with E-state index in [2.05, 4.69) is 10.5 Å². The van der Waals surface area contributed by atoms with Gasteiger partial charge in [-0.05, 0) is 66.1 Å². The molecule has 0 saturated heterocycles. The number of rotatable bonds is 9. The normalized spacial score (nSPS) is 11.7. The average molecular weight is 472 g/mol. The zero-order chi connectivity index (χ0) is 23.0. The molecule has 3 aromatic rings. The van der Waals surface area contributed by atoms with Crippen LogP contribution in [0.15, 0.2) is 88.9 Å². The summed E-state index contributed by atoms with van der Waals surface area (Å²) < 4.78 is 27.5. The van der Waals surface area contributed by atoms with Crippen molar-refractivity contribution >= 4 is 33.7 Å². The minimum absolute atomic E-state index is 0.0513. The Bertz CT molecular complexity index is 1170. The van der Waals surface area contributed by atoms with Crippen LogP contribution in [-0.2, 0) is 21.2 Å². The van der Waals surface area contributed by atoms with E-state index in [1.54, 1.807) is 12.1 Å². The Balaban J connectivity index is 1.72. The maximum absolute atomic E-state index is 13.2. The Morgan fingerprint density at radius 3 is 2.31 bits per heavy atom. The molecule has 3 rings (SSSR count). The van der Waals surface area contributed by atoms with Crippen molar-refractivity contribution in [3.63, 3.8) is 0 Å². The zero-order valence-corrected chi connectivity index (χ0v) is 18.6. The molecule has 0 unspecified atom stereocenters. The Labute approximate surface area is 192 Å². The number of phenols is 1. The summed E-state index contributed by atoms with van der Waals surface area (Å²) >= 11 is 5.88. The van der Waals surface area contributed by atoms with Gasteiger partial charge in [-0.15, -0.1) is 0 Å². The molecule has 32 heavy (non-hydrogen) atoms. The number of sulfonamides is 1. The fourth-order valence-corrected chi connectivity index (χ4v) is 4.40. The predicted molar refractivity (Wildman–Crippen MR) is 124 cm³/mol. The van der Waals surface area contributed by atoms with Crippen LogP contribution >= 0.6 is 11.6 Å². The van der Waals surface area contributed by atoms with Crippen LogP contribution < -0.4 is 5.43 Å². The molecular weight excluding hydrogens is 450 g/mol. The lowest BCUT2D eigenvalue weighted by Crippen LogP contribution is -2.40. The van der Waals surface area contributed by atoms with Gasteiger partial charge in [0.1, 0.15) is 5.75 Å². The van der Waals surface area contributed by atoms with E-state index in [1.807, 2.05) is 30.3 Å². The van der Waals surface area contributed by atoms with Crippen molar-refractivity contribution in [3.8, 4) is 5.75 Å². The number of benzene rings is 3. The number of hydrazone groups is 1. The average Bonchev–Trinajstić information content (AvgIpc) is 2.79. The zero-order valence-electron chi connectivity index (χ0n) is 17.1. The SMILES string of the molecule is O=C(CN(CCc1ccccc1)S(=O)(=O)c1ccc(Cl)cc1)N/N=C/c1ccc(O)cc1. The van der Waals surface area contributed by atoms with Crippen molar-refractivity contribution in [2.75, 3.05) is 13.1 Å². The summed E-state index contributed by atoms with van der Waals surface area (Å²) in [5.74, 6) is -0.460. The number of carbonyl (C=O) groups excluding carboxylic acids is 1. The van der Waals surface area contributed by atoms with Crippen molar-refractivity contribution in [3.05, 3.63) is 95.0 Å². The Hall–Kier alpha value is -3.20. The van der Waals surface area contributed by atoms with Gasteiger partial charge in [0.25, 0.3) is 5.91 Å². The van der Waals surface area contributed by atoms with E-state index in [9.17, 15) is 18.3 Å². The molecule has 0 aliphatic heterocycles. The van der Waals surface area contributed by atoms with Crippen LogP contribution in [0.4, 0.5) is 0 Å². The van der Waals surface area contributed by atoms with Gasteiger partial charge in [0, 0.05) is 11.6 Å². The molecule has 0 radical (unpaired) electrons. The van der Waals surface area contributed by atoms with Crippen LogP contribution in [0.25, 0.3) is 0 Å². The van der Waals surface area contributed by atoms with Gasteiger partial charge in [-0.3, -0.25) is 4.79 Å². The van der Waals surface area contributed by atoms with E-state index < -0.39 is 22.5 Å². The second-order valence-corrected chi connectivity index (χ2v) is 9.29. The molecule has 0 bridgehead atoms. The number of carbonyl (C=O) groups is 1. The molecule has 0 fully saturated rings. The number of nitrogens with zero attached hydrogens (tertiary/aromatic N) is 2. The van der Waals surface area contributed by atoms with Crippen LogP contribution in [0.3, 0.4) is 0 Å². The third-order valence-corrected chi connectivity index (χ3v) is 6.67. The first-order chi connectivity index (χ1) is 15.3. The molecule has 2 N–H and O–H groups in total. The number of amides is 1. The highest BCUT2D eigenvalue weighted by Crippen LogP contribution is 2.19. The van der Waals surface area contributed by atoms with Crippen LogP contribution in [0.2, 0.25) is 5.02 Å². The highest BCUT2D eigenvalue weighted by Gasteiger charge is 2.26. The molecule has 166 valence electrons. The Morgan fingerprint density at radius 1 is 1.00 bits per heavy atom. The monoisotopic (exact) mass is 471 g/mol. The first kappa shape index (κ1) is 23.5. The van der Waals surface area contributed by atoms with Gasteiger partial charge in [0.15, 0.2) is 0 Å². The molecule has 3 aromatic carbocycles. The minimum atomic E-state index is -3.93. The fourth-order valence-electron chi connectivity index (χ4n) is 2.87. The first-order valence-corrected chi connectivity index (χ1v) is 11.6. The van der Waals surface area contributed by atoms with E-state index in [1.165, 1.54) is 42.6 Å². The number of aromatic hydroxyl groups is 1. The van der Waals surface area contributed by atoms with Gasteiger partial charge in [0.2, 0.25) is 10.0 Å². The van der Waals surface area contributed by atoms with Gasteiger partial charge in [-0.25, -0.2) is 13.8 Å². The molecule has 0 heterocycles. The van der Waals surface area contributed by atoms with Crippen LogP contribution in [0.5, 0.6) is 5.75 Å². The summed E-state index contributed by atoms with van der Waals surface area (Å²) in [7, 11) is -3.93. The third kappa shape index (κ3) is 6.65.